The largest absolute Gasteiger partial charge is 0.512 e. The Balaban J connectivity index is 0.000000289. The molecule has 8 heteroatoms. The van der Waals surface area contributed by atoms with Crippen LogP contribution in [0.5, 0.6) is 0 Å². The molecule has 3 aromatic carbocycles. The molecule has 0 fully saturated rings. The first-order valence-electron chi connectivity index (χ1n) is 18.1. The van der Waals surface area contributed by atoms with Gasteiger partial charge in [0.2, 0.25) is 0 Å². The van der Waals surface area contributed by atoms with Crippen LogP contribution in [-0.2, 0) is 31.3 Å². The maximum Gasteiger partial charge on any atom is 0.169 e. The molecule has 279 valence electrons. The number of pyridine rings is 1. The zero-order valence-electron chi connectivity index (χ0n) is 31.9. The molecule has 4 nitrogen and oxygen atoms in total. The smallest absolute Gasteiger partial charge is 0.169 e. The summed E-state index contributed by atoms with van der Waals surface area (Å²) in [6, 6.07) is 15.4. The predicted octanol–water partition coefficient (Wildman–Crippen LogP) is 13.6. The number of aryl methyl sites for hydroxylation is 2. The number of benzene rings is 3. The van der Waals surface area contributed by atoms with E-state index in [0.717, 1.165) is 53.4 Å². The number of hydrogen-bond acceptors (Lipinski definition) is 5. The van der Waals surface area contributed by atoms with Gasteiger partial charge >= 0.3 is 0 Å². The number of nitrogens with zero attached hydrogens (tertiary/aromatic N) is 1. The van der Waals surface area contributed by atoms with Gasteiger partial charge in [-0.3, -0.25) is 4.79 Å². The van der Waals surface area contributed by atoms with E-state index in [1.807, 2.05) is 54.5 Å². The first-order chi connectivity index (χ1) is 24.1. The number of carbonyl (C=O) groups excluding carboxylic acids is 1. The molecular weight excluding hydrogens is 853 g/mol. The van der Waals surface area contributed by atoms with Gasteiger partial charge in [0.05, 0.1) is 5.58 Å². The van der Waals surface area contributed by atoms with E-state index in [9.17, 15) is 18.7 Å². The summed E-state index contributed by atoms with van der Waals surface area (Å²) in [5.41, 5.74) is 3.96. The molecule has 3 heterocycles. The van der Waals surface area contributed by atoms with Gasteiger partial charge in [-0.05, 0) is 85.0 Å². The van der Waals surface area contributed by atoms with Crippen molar-refractivity contribution < 1.29 is 43.2 Å². The molecule has 3 aromatic heterocycles. The zero-order chi connectivity index (χ0) is 37.4. The number of halogens is 2. The number of fused-ring (bicyclic) bond motifs is 6. The fraction of sp³-hybridized carbons (Fsp3) is 0.409. The van der Waals surface area contributed by atoms with E-state index in [0.29, 0.717) is 28.0 Å². The minimum atomic E-state index is -0.879. The molecule has 0 spiro atoms. The molecule has 1 N–H and O–H groups in total. The van der Waals surface area contributed by atoms with Crippen molar-refractivity contribution in [1.29, 1.82) is 0 Å². The van der Waals surface area contributed by atoms with Gasteiger partial charge in [0.1, 0.15) is 11.3 Å². The first kappa shape index (κ1) is 41.3. The average molecular weight is 903 g/mol. The predicted molar refractivity (Wildman–Crippen MR) is 210 cm³/mol. The number of furan rings is 1. The molecule has 1 radical (unpaired) electrons. The number of rotatable bonds is 10. The summed E-state index contributed by atoms with van der Waals surface area (Å²) in [5.74, 6) is -0.852. The van der Waals surface area contributed by atoms with Crippen LogP contribution in [0.4, 0.5) is 8.78 Å². The molecule has 0 aliphatic heterocycles. The van der Waals surface area contributed by atoms with Crippen molar-refractivity contribution in [2.75, 3.05) is 0 Å². The maximum absolute atomic E-state index is 15.0. The second-order valence-corrected chi connectivity index (χ2v) is 15.9. The SMILES string of the molecule is CCC(C)(CC)C(=O)/C=C(\O)C(C)(CC)CC.Cc1[c-]c(-c2nccc3c2sc2cc(CC(C)C)ccc23)c2oc3cc(C)c(F)c(F)c3c2c1.[Ir]. The Bertz CT molecular complexity index is 2270. The minimum absolute atomic E-state index is 0. The number of aromatic nitrogens is 1. The maximum atomic E-state index is 15.0. The molecule has 0 amide bonds. The molecule has 0 atom stereocenters. The summed E-state index contributed by atoms with van der Waals surface area (Å²) in [6.07, 6.45) is 7.58. The zero-order valence-corrected chi connectivity index (χ0v) is 35.2. The monoisotopic (exact) mass is 903 g/mol. The molecule has 0 saturated heterocycles. The Labute approximate surface area is 324 Å². The number of thiophene rings is 1. The Hall–Kier alpha value is -3.45. The van der Waals surface area contributed by atoms with Gasteiger partial charge in [0.15, 0.2) is 17.4 Å². The molecule has 0 bridgehead atoms. The molecule has 6 rings (SSSR count). The number of allylic oxidation sites excluding steroid dienone is 2. The third-order valence-corrected chi connectivity index (χ3v) is 12.1. The topological polar surface area (TPSA) is 63.3 Å². The van der Waals surface area contributed by atoms with E-state index in [1.165, 1.54) is 28.6 Å². The van der Waals surface area contributed by atoms with Crippen molar-refractivity contribution in [3.63, 3.8) is 0 Å². The summed E-state index contributed by atoms with van der Waals surface area (Å²) < 4.78 is 37.7. The van der Waals surface area contributed by atoms with E-state index in [1.54, 1.807) is 29.7 Å². The summed E-state index contributed by atoms with van der Waals surface area (Å²) in [6.45, 7) is 20.0. The normalized spacial score (nSPS) is 12.5. The standard InChI is InChI=1S/C29H22F2NOS.C15H28O2.Ir/c1-14(2)9-17-5-6-18-19-7-8-32-27(29(19)34-23(18)13-17)21-11-15(3)10-20-24-22(33-28(20)21)12-16(4)25(30)26(24)31;1-7-14(5,8-2)12(16)11-13(17)15(6,9-3)10-4;/h5-8,10,12-14H,9H2,1-4H3;11,16H,7-10H2,1-6H3;/q-1;;/b;12-11-;. The number of hydrogen-bond donors (Lipinski definition) is 1. The Morgan fingerprint density at radius 3 is 2.21 bits per heavy atom. The summed E-state index contributed by atoms with van der Waals surface area (Å²) >= 11 is 1.70. The second kappa shape index (κ2) is 16.3. The van der Waals surface area contributed by atoms with Crippen LogP contribution in [0.1, 0.15) is 97.8 Å². The summed E-state index contributed by atoms with van der Waals surface area (Å²) in [7, 11) is 0. The molecule has 6 aromatic rings. The number of ketones is 1. The number of aliphatic hydroxyl groups excluding tert-OH is 1. The van der Waals surface area contributed by atoms with Crippen LogP contribution in [0.25, 0.3) is 53.4 Å². The van der Waals surface area contributed by atoms with Crippen LogP contribution in [0.3, 0.4) is 0 Å². The van der Waals surface area contributed by atoms with Crippen LogP contribution < -0.4 is 0 Å². The van der Waals surface area contributed by atoms with Gasteiger partial charge in [0.25, 0.3) is 0 Å². The minimum Gasteiger partial charge on any atom is -0.512 e. The van der Waals surface area contributed by atoms with Gasteiger partial charge in [0, 0.05) is 63.7 Å². The third kappa shape index (κ3) is 7.76. The molecule has 0 saturated carbocycles. The van der Waals surface area contributed by atoms with E-state index < -0.39 is 11.6 Å². The van der Waals surface area contributed by atoms with Crippen molar-refractivity contribution in [1.82, 2.24) is 4.98 Å². The van der Waals surface area contributed by atoms with Crippen LogP contribution in [0.2, 0.25) is 0 Å². The Kier molecular flexibility index (Phi) is 12.9. The van der Waals surface area contributed by atoms with E-state index in [-0.39, 0.29) is 53.4 Å². The van der Waals surface area contributed by atoms with E-state index in [4.69, 9.17) is 9.40 Å². The van der Waals surface area contributed by atoms with Crippen LogP contribution >= 0.6 is 11.3 Å². The van der Waals surface area contributed by atoms with Gasteiger partial charge in [-0.25, -0.2) is 8.78 Å². The van der Waals surface area contributed by atoms with Crippen molar-refractivity contribution in [3.05, 3.63) is 88.8 Å². The molecule has 52 heavy (non-hydrogen) atoms. The van der Waals surface area contributed by atoms with Crippen LogP contribution in [-0.4, -0.2) is 15.9 Å². The van der Waals surface area contributed by atoms with Crippen molar-refractivity contribution in [2.24, 2.45) is 16.7 Å². The second-order valence-electron chi connectivity index (χ2n) is 14.9. The van der Waals surface area contributed by atoms with Gasteiger partial charge in [-0.1, -0.05) is 85.4 Å². The van der Waals surface area contributed by atoms with E-state index >= 15 is 0 Å². The summed E-state index contributed by atoms with van der Waals surface area (Å²) in [5, 5.41) is 13.1. The first-order valence-corrected chi connectivity index (χ1v) is 18.9. The Morgan fingerprint density at radius 2 is 1.60 bits per heavy atom. The fourth-order valence-corrected chi connectivity index (χ4v) is 7.79. The summed E-state index contributed by atoms with van der Waals surface area (Å²) in [4.78, 5) is 16.9. The van der Waals surface area contributed by atoms with Crippen LogP contribution in [0, 0.1) is 48.3 Å². The van der Waals surface area contributed by atoms with Gasteiger partial charge < -0.3 is 14.5 Å². The van der Waals surface area contributed by atoms with Gasteiger partial charge in [-0.15, -0.1) is 29.0 Å². The molecule has 0 aliphatic rings. The molecular formula is C44H50F2IrNO3S-. The van der Waals surface area contributed by atoms with E-state index in [2.05, 4.69) is 38.1 Å². The molecule has 0 unspecified atom stereocenters. The van der Waals surface area contributed by atoms with Crippen molar-refractivity contribution in [2.45, 2.75) is 101 Å². The number of carbonyl (C=O) groups is 1. The number of aliphatic hydroxyl groups is 1. The van der Waals surface area contributed by atoms with Gasteiger partial charge in [-0.2, -0.15) is 0 Å². The fourth-order valence-electron chi connectivity index (χ4n) is 6.54. The van der Waals surface area contributed by atoms with Crippen molar-refractivity contribution in [3.8, 4) is 11.3 Å². The Morgan fingerprint density at radius 1 is 0.942 bits per heavy atom. The average Bonchev–Trinajstić information content (AvgIpc) is 3.67. The third-order valence-electron chi connectivity index (χ3n) is 10.9. The van der Waals surface area contributed by atoms with Crippen LogP contribution in [0.15, 0.2) is 58.8 Å². The quantitative estimate of drug-likeness (QED) is 0.0845. The van der Waals surface area contributed by atoms with Crippen molar-refractivity contribution >= 4 is 59.2 Å². The molecule has 0 aliphatic carbocycles.